The molecular formula is C12H11ClN2O. The number of aryl methyl sites for hydroxylation is 1. The Morgan fingerprint density at radius 2 is 2.12 bits per heavy atom. The molecule has 0 aliphatic heterocycles. The molecule has 4 heteroatoms. The second-order valence-corrected chi connectivity index (χ2v) is 3.82. The molecule has 0 radical (unpaired) electrons. The van der Waals surface area contributed by atoms with E-state index >= 15 is 0 Å². The second-order valence-electron chi connectivity index (χ2n) is 3.44. The number of benzene rings is 1. The van der Waals surface area contributed by atoms with Gasteiger partial charge < -0.3 is 4.74 Å². The van der Waals surface area contributed by atoms with Gasteiger partial charge in [0.15, 0.2) is 0 Å². The molecule has 0 N–H and O–H groups in total. The van der Waals surface area contributed by atoms with Crippen LogP contribution < -0.4 is 4.74 Å². The average molecular weight is 235 g/mol. The lowest BCUT2D eigenvalue weighted by Crippen LogP contribution is -1.98. The van der Waals surface area contributed by atoms with E-state index in [4.69, 9.17) is 16.3 Å². The maximum absolute atomic E-state index is 5.64. The Labute approximate surface area is 99.1 Å². The monoisotopic (exact) mass is 234 g/mol. The van der Waals surface area contributed by atoms with E-state index in [-0.39, 0.29) is 0 Å². The minimum Gasteiger partial charge on any atom is -0.487 e. The van der Waals surface area contributed by atoms with E-state index in [9.17, 15) is 0 Å². The van der Waals surface area contributed by atoms with Gasteiger partial charge in [-0.05, 0) is 24.6 Å². The molecule has 0 atom stereocenters. The van der Waals surface area contributed by atoms with Crippen molar-refractivity contribution in [2.75, 3.05) is 0 Å². The highest BCUT2D eigenvalue weighted by Gasteiger charge is 1.98. The van der Waals surface area contributed by atoms with Crippen LogP contribution in [0.2, 0.25) is 5.15 Å². The summed E-state index contributed by atoms with van der Waals surface area (Å²) >= 11 is 5.64. The van der Waals surface area contributed by atoms with Crippen molar-refractivity contribution in [3.8, 4) is 5.75 Å². The summed E-state index contributed by atoms with van der Waals surface area (Å²) in [6.07, 6.45) is 3.12. The Morgan fingerprint density at radius 1 is 1.25 bits per heavy atom. The van der Waals surface area contributed by atoms with Crippen molar-refractivity contribution in [2.45, 2.75) is 13.5 Å². The molecule has 0 saturated carbocycles. The van der Waals surface area contributed by atoms with Gasteiger partial charge in [0.05, 0.1) is 18.1 Å². The molecule has 1 heterocycles. The van der Waals surface area contributed by atoms with Crippen molar-refractivity contribution in [3.05, 3.63) is 53.1 Å². The third-order valence-electron chi connectivity index (χ3n) is 2.05. The van der Waals surface area contributed by atoms with Crippen molar-refractivity contribution in [2.24, 2.45) is 0 Å². The summed E-state index contributed by atoms with van der Waals surface area (Å²) in [6, 6.07) is 7.87. The zero-order chi connectivity index (χ0) is 11.4. The molecule has 0 bridgehead atoms. The molecule has 82 valence electrons. The van der Waals surface area contributed by atoms with Crippen LogP contribution in [-0.4, -0.2) is 9.97 Å². The molecule has 1 aromatic carbocycles. The maximum atomic E-state index is 5.64. The molecule has 16 heavy (non-hydrogen) atoms. The Morgan fingerprint density at radius 3 is 2.81 bits per heavy atom. The first-order valence-electron chi connectivity index (χ1n) is 4.90. The summed E-state index contributed by atoms with van der Waals surface area (Å²) < 4.78 is 5.57. The quantitative estimate of drug-likeness (QED) is 0.819. The Hall–Kier alpha value is -1.61. The van der Waals surface area contributed by atoms with Crippen molar-refractivity contribution in [1.29, 1.82) is 0 Å². The molecule has 0 aliphatic rings. The van der Waals surface area contributed by atoms with E-state index < -0.39 is 0 Å². The van der Waals surface area contributed by atoms with E-state index in [2.05, 4.69) is 9.97 Å². The topological polar surface area (TPSA) is 35.0 Å². The third kappa shape index (κ3) is 2.94. The van der Waals surface area contributed by atoms with Crippen LogP contribution in [0.4, 0.5) is 0 Å². The highest BCUT2D eigenvalue weighted by atomic mass is 35.5. The summed E-state index contributed by atoms with van der Waals surface area (Å²) in [4.78, 5) is 8.03. The van der Waals surface area contributed by atoms with E-state index in [0.717, 1.165) is 11.4 Å². The molecule has 3 nitrogen and oxygen atoms in total. The number of halogens is 1. The molecule has 1 aromatic heterocycles. The fourth-order valence-electron chi connectivity index (χ4n) is 1.28. The number of rotatable bonds is 3. The van der Waals surface area contributed by atoms with Crippen LogP contribution in [0.3, 0.4) is 0 Å². The van der Waals surface area contributed by atoms with Gasteiger partial charge in [0.1, 0.15) is 17.5 Å². The minimum atomic E-state index is 0.388. The SMILES string of the molecule is Cc1cccc(OCc2cnc(Cl)cn2)c1. The largest absolute Gasteiger partial charge is 0.487 e. The van der Waals surface area contributed by atoms with Crippen LogP contribution in [0.25, 0.3) is 0 Å². The first-order chi connectivity index (χ1) is 7.74. The zero-order valence-electron chi connectivity index (χ0n) is 8.85. The highest BCUT2D eigenvalue weighted by Crippen LogP contribution is 2.13. The summed E-state index contributed by atoms with van der Waals surface area (Å²) in [6.45, 7) is 2.42. The van der Waals surface area contributed by atoms with Crippen molar-refractivity contribution in [1.82, 2.24) is 9.97 Å². The fraction of sp³-hybridized carbons (Fsp3) is 0.167. The van der Waals surface area contributed by atoms with Gasteiger partial charge in [-0.25, -0.2) is 4.98 Å². The molecule has 0 spiro atoms. The lowest BCUT2D eigenvalue weighted by molar-refractivity contribution is 0.300. The molecular weight excluding hydrogens is 224 g/mol. The number of nitrogens with zero attached hydrogens (tertiary/aromatic N) is 2. The van der Waals surface area contributed by atoms with Gasteiger partial charge in [0, 0.05) is 0 Å². The van der Waals surface area contributed by atoms with Crippen molar-refractivity contribution in [3.63, 3.8) is 0 Å². The number of aromatic nitrogens is 2. The minimum absolute atomic E-state index is 0.388. The van der Waals surface area contributed by atoms with Crippen LogP contribution in [0.15, 0.2) is 36.7 Å². The molecule has 0 saturated heterocycles. The van der Waals surface area contributed by atoms with Gasteiger partial charge in [0.25, 0.3) is 0 Å². The van der Waals surface area contributed by atoms with E-state index in [0.29, 0.717) is 11.8 Å². The summed E-state index contributed by atoms with van der Waals surface area (Å²) in [5.74, 6) is 0.830. The lowest BCUT2D eigenvalue weighted by atomic mass is 10.2. The van der Waals surface area contributed by atoms with Gasteiger partial charge in [-0.1, -0.05) is 23.7 Å². The average Bonchev–Trinajstić information content (AvgIpc) is 2.28. The molecule has 0 amide bonds. The lowest BCUT2D eigenvalue weighted by Gasteiger charge is -2.05. The van der Waals surface area contributed by atoms with Gasteiger partial charge in [-0.2, -0.15) is 0 Å². The predicted octanol–water partition coefficient (Wildman–Crippen LogP) is 3.02. The molecule has 0 fully saturated rings. The van der Waals surface area contributed by atoms with Gasteiger partial charge in [0.2, 0.25) is 0 Å². The molecule has 0 aliphatic carbocycles. The van der Waals surface area contributed by atoms with Gasteiger partial charge in [-0.3, -0.25) is 4.98 Å². The predicted molar refractivity (Wildman–Crippen MR) is 62.6 cm³/mol. The standard InChI is InChI=1S/C12H11ClN2O/c1-9-3-2-4-11(5-9)16-8-10-6-15-12(13)7-14-10/h2-7H,8H2,1H3. The summed E-state index contributed by atoms with van der Waals surface area (Å²) in [7, 11) is 0. The Balaban J connectivity index is 1.99. The maximum Gasteiger partial charge on any atom is 0.147 e. The third-order valence-corrected chi connectivity index (χ3v) is 2.25. The Kier molecular flexibility index (Phi) is 3.37. The van der Waals surface area contributed by atoms with Crippen molar-refractivity contribution >= 4 is 11.6 Å². The van der Waals surface area contributed by atoms with Gasteiger partial charge in [-0.15, -0.1) is 0 Å². The first-order valence-corrected chi connectivity index (χ1v) is 5.28. The normalized spacial score (nSPS) is 10.1. The van der Waals surface area contributed by atoms with E-state index in [1.807, 2.05) is 31.2 Å². The van der Waals surface area contributed by atoms with E-state index in [1.165, 1.54) is 11.8 Å². The number of hydrogen-bond donors (Lipinski definition) is 0. The molecule has 2 aromatic rings. The highest BCUT2D eigenvalue weighted by molar-refractivity contribution is 6.29. The molecule has 0 unspecified atom stereocenters. The first kappa shape index (κ1) is 10.9. The zero-order valence-corrected chi connectivity index (χ0v) is 9.61. The van der Waals surface area contributed by atoms with Crippen molar-refractivity contribution < 1.29 is 4.74 Å². The van der Waals surface area contributed by atoms with Crippen LogP contribution in [-0.2, 0) is 6.61 Å². The fourth-order valence-corrected chi connectivity index (χ4v) is 1.37. The molecule has 2 rings (SSSR count). The summed E-state index contributed by atoms with van der Waals surface area (Å²) in [5, 5.41) is 0.388. The summed E-state index contributed by atoms with van der Waals surface area (Å²) in [5.41, 5.74) is 1.92. The number of hydrogen-bond acceptors (Lipinski definition) is 3. The van der Waals surface area contributed by atoms with Crippen LogP contribution in [0, 0.1) is 6.92 Å². The van der Waals surface area contributed by atoms with Gasteiger partial charge >= 0.3 is 0 Å². The second kappa shape index (κ2) is 4.94. The number of ether oxygens (including phenoxy) is 1. The van der Waals surface area contributed by atoms with E-state index in [1.54, 1.807) is 6.20 Å². The smallest absolute Gasteiger partial charge is 0.147 e. The van der Waals surface area contributed by atoms with Crippen LogP contribution in [0.5, 0.6) is 5.75 Å². The van der Waals surface area contributed by atoms with Crippen LogP contribution in [0.1, 0.15) is 11.3 Å². The Bertz CT molecular complexity index is 471. The van der Waals surface area contributed by atoms with Crippen LogP contribution >= 0.6 is 11.6 Å².